The third-order valence-electron chi connectivity index (χ3n) is 5.44. The standard InChI is InChI=1S/C17H20N2O2/c20-15-12-18(16(21)14-11-17(14)7-4-8-17)9-10-19(15)13-5-2-1-3-6-13/h1-3,5-6,14H,4,7-12H2/t14-/m0/s1. The molecule has 0 radical (unpaired) electrons. The number of nitrogens with zero attached hydrogens (tertiary/aromatic N) is 2. The maximum atomic E-state index is 12.5. The van der Waals surface area contributed by atoms with Gasteiger partial charge in [-0.15, -0.1) is 0 Å². The number of benzene rings is 1. The molecule has 4 heteroatoms. The summed E-state index contributed by atoms with van der Waals surface area (Å²) in [6, 6.07) is 9.70. The van der Waals surface area contributed by atoms with Gasteiger partial charge >= 0.3 is 0 Å². The zero-order valence-corrected chi connectivity index (χ0v) is 12.1. The number of para-hydroxylation sites is 1. The predicted octanol–water partition coefficient (Wildman–Crippen LogP) is 2.05. The molecule has 4 nitrogen and oxygen atoms in total. The first-order valence-corrected chi connectivity index (χ1v) is 7.84. The van der Waals surface area contributed by atoms with Crippen LogP contribution < -0.4 is 4.90 Å². The lowest BCUT2D eigenvalue weighted by atomic mass is 9.79. The van der Waals surface area contributed by atoms with Crippen LogP contribution in [0.2, 0.25) is 0 Å². The van der Waals surface area contributed by atoms with Gasteiger partial charge in [-0.1, -0.05) is 24.6 Å². The summed E-state index contributed by atoms with van der Waals surface area (Å²) in [5.41, 5.74) is 1.27. The van der Waals surface area contributed by atoms with Crippen LogP contribution in [0.4, 0.5) is 5.69 Å². The minimum absolute atomic E-state index is 0.0316. The Kier molecular flexibility index (Phi) is 2.81. The summed E-state index contributed by atoms with van der Waals surface area (Å²) in [6.07, 6.45) is 4.74. The Balaban J connectivity index is 1.41. The second-order valence-corrected chi connectivity index (χ2v) is 6.61. The van der Waals surface area contributed by atoms with Gasteiger partial charge < -0.3 is 9.80 Å². The maximum Gasteiger partial charge on any atom is 0.246 e. The topological polar surface area (TPSA) is 40.6 Å². The molecule has 1 heterocycles. The van der Waals surface area contributed by atoms with Crippen molar-refractivity contribution >= 4 is 17.5 Å². The zero-order chi connectivity index (χ0) is 14.4. The lowest BCUT2D eigenvalue weighted by Gasteiger charge is -2.35. The fraction of sp³-hybridized carbons (Fsp3) is 0.529. The average Bonchev–Trinajstić information content (AvgIpc) is 3.23. The molecule has 21 heavy (non-hydrogen) atoms. The zero-order valence-electron chi connectivity index (χ0n) is 12.1. The number of hydrogen-bond donors (Lipinski definition) is 0. The van der Waals surface area contributed by atoms with Gasteiger partial charge in [0.15, 0.2) is 0 Å². The van der Waals surface area contributed by atoms with E-state index < -0.39 is 0 Å². The first-order chi connectivity index (χ1) is 10.2. The fourth-order valence-corrected chi connectivity index (χ4v) is 3.84. The van der Waals surface area contributed by atoms with E-state index in [1.54, 1.807) is 9.80 Å². The molecule has 1 saturated heterocycles. The first kappa shape index (κ1) is 12.9. The highest BCUT2D eigenvalue weighted by Crippen LogP contribution is 2.65. The minimum Gasteiger partial charge on any atom is -0.331 e. The van der Waals surface area contributed by atoms with Crippen LogP contribution in [0.15, 0.2) is 30.3 Å². The summed E-state index contributed by atoms with van der Waals surface area (Å²) in [6.45, 7) is 1.50. The van der Waals surface area contributed by atoms with Crippen molar-refractivity contribution in [3.05, 3.63) is 30.3 Å². The van der Waals surface area contributed by atoms with Crippen LogP contribution in [0.1, 0.15) is 25.7 Å². The van der Waals surface area contributed by atoms with Crippen LogP contribution in [0, 0.1) is 11.3 Å². The van der Waals surface area contributed by atoms with Gasteiger partial charge in [-0.2, -0.15) is 0 Å². The van der Waals surface area contributed by atoms with Crippen LogP contribution in [0.5, 0.6) is 0 Å². The van der Waals surface area contributed by atoms with Gasteiger partial charge in [0.25, 0.3) is 0 Å². The molecule has 4 rings (SSSR count). The Labute approximate surface area is 124 Å². The molecule has 0 aromatic heterocycles. The molecule has 2 saturated carbocycles. The van der Waals surface area contributed by atoms with Crippen molar-refractivity contribution in [3.63, 3.8) is 0 Å². The molecule has 0 unspecified atom stereocenters. The van der Waals surface area contributed by atoms with Crippen LogP contribution in [-0.2, 0) is 9.59 Å². The number of amides is 2. The Hall–Kier alpha value is -1.84. The average molecular weight is 284 g/mol. The third-order valence-corrected chi connectivity index (χ3v) is 5.44. The molecule has 110 valence electrons. The molecule has 0 bridgehead atoms. The van der Waals surface area contributed by atoms with E-state index in [1.807, 2.05) is 30.3 Å². The summed E-state index contributed by atoms with van der Waals surface area (Å²) < 4.78 is 0. The van der Waals surface area contributed by atoms with Gasteiger partial charge in [-0.05, 0) is 36.8 Å². The second-order valence-electron chi connectivity index (χ2n) is 6.61. The quantitative estimate of drug-likeness (QED) is 0.834. The Morgan fingerprint density at radius 3 is 2.48 bits per heavy atom. The maximum absolute atomic E-state index is 12.5. The molecule has 1 spiro atoms. The highest BCUT2D eigenvalue weighted by molar-refractivity contribution is 5.98. The van der Waals surface area contributed by atoms with Crippen LogP contribution in [-0.4, -0.2) is 36.3 Å². The molecule has 2 aliphatic carbocycles. The molecule has 1 aromatic rings. The number of piperazine rings is 1. The summed E-state index contributed by atoms with van der Waals surface area (Å²) in [7, 11) is 0. The summed E-state index contributed by atoms with van der Waals surface area (Å²) in [5.74, 6) is 0.460. The Morgan fingerprint density at radius 1 is 1.14 bits per heavy atom. The lowest BCUT2D eigenvalue weighted by Crippen LogP contribution is -2.53. The summed E-state index contributed by atoms with van der Waals surface area (Å²) in [5, 5.41) is 0. The Bertz CT molecular complexity index is 580. The van der Waals surface area contributed by atoms with E-state index >= 15 is 0 Å². The smallest absolute Gasteiger partial charge is 0.246 e. The van der Waals surface area contributed by atoms with E-state index in [2.05, 4.69) is 0 Å². The number of rotatable bonds is 2. The monoisotopic (exact) mass is 284 g/mol. The second kappa shape index (κ2) is 4.58. The van der Waals surface area contributed by atoms with Crippen molar-refractivity contribution < 1.29 is 9.59 Å². The van der Waals surface area contributed by atoms with Crippen molar-refractivity contribution in [2.45, 2.75) is 25.7 Å². The van der Waals surface area contributed by atoms with Gasteiger partial charge in [0.1, 0.15) is 6.54 Å². The molecular weight excluding hydrogens is 264 g/mol. The predicted molar refractivity (Wildman–Crippen MR) is 79.8 cm³/mol. The summed E-state index contributed by atoms with van der Waals surface area (Å²) >= 11 is 0. The van der Waals surface area contributed by atoms with Crippen LogP contribution in [0.25, 0.3) is 0 Å². The van der Waals surface area contributed by atoms with Crippen LogP contribution >= 0.6 is 0 Å². The highest BCUT2D eigenvalue weighted by Gasteiger charge is 2.61. The van der Waals surface area contributed by atoms with Crippen molar-refractivity contribution in [2.75, 3.05) is 24.5 Å². The number of carbonyl (C=O) groups excluding carboxylic acids is 2. The first-order valence-electron chi connectivity index (χ1n) is 7.84. The van der Waals surface area contributed by atoms with E-state index in [0.717, 1.165) is 12.1 Å². The number of carbonyl (C=O) groups is 2. The highest BCUT2D eigenvalue weighted by atomic mass is 16.2. The molecule has 2 amide bonds. The van der Waals surface area contributed by atoms with E-state index in [1.165, 1.54) is 19.3 Å². The van der Waals surface area contributed by atoms with E-state index in [-0.39, 0.29) is 24.3 Å². The van der Waals surface area contributed by atoms with Gasteiger partial charge in [0.05, 0.1) is 0 Å². The number of anilines is 1. The summed E-state index contributed by atoms with van der Waals surface area (Å²) in [4.78, 5) is 28.4. The van der Waals surface area contributed by atoms with Gasteiger partial charge in [0, 0.05) is 24.7 Å². The van der Waals surface area contributed by atoms with E-state index in [4.69, 9.17) is 0 Å². The van der Waals surface area contributed by atoms with Gasteiger partial charge in [-0.25, -0.2) is 0 Å². The SMILES string of the molecule is O=C([C@@H]1CC12CCC2)N1CCN(c2ccccc2)C(=O)C1. The van der Waals surface area contributed by atoms with Crippen LogP contribution in [0.3, 0.4) is 0 Å². The van der Waals surface area contributed by atoms with E-state index in [9.17, 15) is 9.59 Å². The van der Waals surface area contributed by atoms with Crippen molar-refractivity contribution in [1.29, 1.82) is 0 Å². The number of hydrogen-bond acceptors (Lipinski definition) is 2. The molecule has 3 aliphatic rings. The molecular formula is C17H20N2O2. The van der Waals surface area contributed by atoms with Crippen molar-refractivity contribution in [2.24, 2.45) is 11.3 Å². The van der Waals surface area contributed by atoms with Gasteiger partial charge in [0.2, 0.25) is 11.8 Å². The Morgan fingerprint density at radius 2 is 1.90 bits per heavy atom. The molecule has 1 aliphatic heterocycles. The van der Waals surface area contributed by atoms with Crippen molar-refractivity contribution in [1.82, 2.24) is 4.90 Å². The van der Waals surface area contributed by atoms with E-state index in [0.29, 0.717) is 18.5 Å². The molecule has 1 atom stereocenters. The third kappa shape index (κ3) is 2.04. The minimum atomic E-state index is 0.0316. The normalized spacial score (nSPS) is 26.7. The lowest BCUT2D eigenvalue weighted by molar-refractivity contribution is -0.139. The van der Waals surface area contributed by atoms with Gasteiger partial charge in [-0.3, -0.25) is 9.59 Å². The fourth-order valence-electron chi connectivity index (χ4n) is 3.84. The van der Waals surface area contributed by atoms with Crippen molar-refractivity contribution in [3.8, 4) is 0 Å². The molecule has 1 aromatic carbocycles. The molecule has 0 N–H and O–H groups in total. The largest absolute Gasteiger partial charge is 0.331 e. The molecule has 3 fully saturated rings.